The van der Waals surface area contributed by atoms with Gasteiger partial charge in [0.1, 0.15) is 24.0 Å². The maximum Gasteiger partial charge on any atom is 0.270 e. The predicted octanol–water partition coefficient (Wildman–Crippen LogP) is 3.54. The lowest BCUT2D eigenvalue weighted by Crippen LogP contribution is -2.14. The number of amides is 1. The highest BCUT2D eigenvalue weighted by atomic mass is 19.1. The number of hydrogen-bond acceptors (Lipinski definition) is 4. The van der Waals surface area contributed by atoms with Crippen LogP contribution in [0.15, 0.2) is 47.6 Å². The van der Waals surface area contributed by atoms with Crippen LogP contribution in [0.25, 0.3) is 0 Å². The Hall–Kier alpha value is -3.27. The molecule has 0 saturated heterocycles. The van der Waals surface area contributed by atoms with E-state index in [1.165, 1.54) is 0 Å². The van der Waals surface area contributed by atoms with E-state index in [1.807, 2.05) is 6.07 Å². The molecule has 0 bridgehead atoms. The molecule has 0 aliphatic rings. The molecule has 2 aromatic rings. The highest BCUT2D eigenvalue weighted by Gasteiger charge is 2.08. The lowest BCUT2D eigenvalue weighted by molar-refractivity contribution is -0.110. The van der Waals surface area contributed by atoms with Crippen molar-refractivity contribution in [3.63, 3.8) is 0 Å². The molecule has 0 aliphatic carbocycles. The van der Waals surface area contributed by atoms with E-state index in [0.717, 1.165) is 23.9 Å². The van der Waals surface area contributed by atoms with Gasteiger partial charge in [-0.15, -0.1) is 0 Å². The van der Waals surface area contributed by atoms with E-state index in [2.05, 4.69) is 10.5 Å². The standard InChI is InChI=1S/C17H13F2N3O2/c1-11(13-4-2-3-12(7-13)9-20)24-21-10-17(23)22-16-6-5-14(18)8-15(16)19/h2-8,10-11H,1H3,(H,22,23). The Balaban J connectivity index is 1.93. The van der Waals surface area contributed by atoms with Gasteiger partial charge >= 0.3 is 0 Å². The summed E-state index contributed by atoms with van der Waals surface area (Å²) in [5.41, 5.74) is 1.04. The van der Waals surface area contributed by atoms with Crippen LogP contribution in [0.3, 0.4) is 0 Å². The number of anilines is 1. The normalized spacial score (nSPS) is 11.8. The third kappa shape index (κ3) is 4.61. The number of oxime groups is 1. The van der Waals surface area contributed by atoms with E-state index in [0.29, 0.717) is 11.6 Å². The van der Waals surface area contributed by atoms with Gasteiger partial charge in [0.25, 0.3) is 5.91 Å². The summed E-state index contributed by atoms with van der Waals surface area (Å²) in [6.45, 7) is 1.70. The van der Waals surface area contributed by atoms with Gasteiger partial charge in [-0.1, -0.05) is 17.3 Å². The topological polar surface area (TPSA) is 74.5 Å². The highest BCUT2D eigenvalue weighted by Crippen LogP contribution is 2.18. The lowest BCUT2D eigenvalue weighted by atomic mass is 10.1. The minimum Gasteiger partial charge on any atom is -0.388 e. The maximum absolute atomic E-state index is 13.4. The molecule has 2 rings (SSSR count). The first-order valence-corrected chi connectivity index (χ1v) is 6.95. The van der Waals surface area contributed by atoms with Crippen molar-refractivity contribution in [1.82, 2.24) is 0 Å². The largest absolute Gasteiger partial charge is 0.388 e. The van der Waals surface area contributed by atoms with Crippen LogP contribution in [0.4, 0.5) is 14.5 Å². The number of nitrogens with one attached hydrogen (secondary N) is 1. The van der Waals surface area contributed by atoms with Crippen LogP contribution in [0.5, 0.6) is 0 Å². The fourth-order valence-corrected chi connectivity index (χ4v) is 1.85. The van der Waals surface area contributed by atoms with Crippen molar-refractivity contribution in [2.24, 2.45) is 5.16 Å². The Morgan fingerprint density at radius 1 is 1.33 bits per heavy atom. The van der Waals surface area contributed by atoms with Crippen molar-refractivity contribution in [2.45, 2.75) is 13.0 Å². The summed E-state index contributed by atoms with van der Waals surface area (Å²) in [6, 6.07) is 11.6. The van der Waals surface area contributed by atoms with Gasteiger partial charge in [-0.2, -0.15) is 5.26 Å². The molecule has 0 spiro atoms. The maximum atomic E-state index is 13.4. The molecule has 24 heavy (non-hydrogen) atoms. The van der Waals surface area contributed by atoms with Crippen LogP contribution in [0.2, 0.25) is 0 Å². The molecule has 2 aromatic carbocycles. The number of hydrogen-bond donors (Lipinski definition) is 1. The molecule has 0 radical (unpaired) electrons. The number of halogens is 2. The zero-order valence-corrected chi connectivity index (χ0v) is 12.7. The van der Waals surface area contributed by atoms with Crippen LogP contribution in [0.1, 0.15) is 24.2 Å². The molecule has 1 amide bonds. The number of nitriles is 1. The SMILES string of the molecule is CC(ON=CC(=O)Nc1ccc(F)cc1F)c1cccc(C#N)c1. The zero-order valence-electron chi connectivity index (χ0n) is 12.7. The van der Waals surface area contributed by atoms with Crippen molar-refractivity contribution in [2.75, 3.05) is 5.32 Å². The molecular weight excluding hydrogens is 316 g/mol. The molecule has 0 fully saturated rings. The second-order valence-corrected chi connectivity index (χ2v) is 4.83. The second-order valence-electron chi connectivity index (χ2n) is 4.83. The molecule has 1 unspecified atom stereocenters. The molecule has 1 N–H and O–H groups in total. The zero-order chi connectivity index (χ0) is 17.5. The molecule has 122 valence electrons. The van der Waals surface area contributed by atoms with Gasteiger partial charge in [-0.3, -0.25) is 4.79 Å². The quantitative estimate of drug-likeness (QED) is 0.673. The lowest BCUT2D eigenvalue weighted by Gasteiger charge is -2.09. The van der Waals surface area contributed by atoms with E-state index < -0.39 is 23.6 Å². The van der Waals surface area contributed by atoms with E-state index in [9.17, 15) is 13.6 Å². The van der Waals surface area contributed by atoms with Crippen LogP contribution >= 0.6 is 0 Å². The fraction of sp³-hybridized carbons (Fsp3) is 0.118. The van der Waals surface area contributed by atoms with Crippen molar-refractivity contribution >= 4 is 17.8 Å². The summed E-state index contributed by atoms with van der Waals surface area (Å²) in [5.74, 6) is -2.35. The van der Waals surface area contributed by atoms with E-state index in [4.69, 9.17) is 10.1 Å². The van der Waals surface area contributed by atoms with Crippen LogP contribution in [0, 0.1) is 23.0 Å². The number of carbonyl (C=O) groups is 1. The fourth-order valence-electron chi connectivity index (χ4n) is 1.85. The average Bonchev–Trinajstić information content (AvgIpc) is 2.57. The molecule has 0 aromatic heterocycles. The Morgan fingerprint density at radius 2 is 2.12 bits per heavy atom. The molecule has 0 saturated carbocycles. The summed E-state index contributed by atoms with van der Waals surface area (Å²) in [5, 5.41) is 14.6. The smallest absolute Gasteiger partial charge is 0.270 e. The summed E-state index contributed by atoms with van der Waals surface area (Å²) >= 11 is 0. The monoisotopic (exact) mass is 329 g/mol. The van der Waals surface area contributed by atoms with Gasteiger partial charge in [-0.25, -0.2) is 8.78 Å². The van der Waals surface area contributed by atoms with Gasteiger partial charge in [-0.05, 0) is 36.8 Å². The van der Waals surface area contributed by atoms with Crippen molar-refractivity contribution in [3.8, 4) is 6.07 Å². The van der Waals surface area contributed by atoms with Gasteiger partial charge in [0.05, 0.1) is 17.3 Å². The first kappa shape index (κ1) is 17.1. The number of carbonyl (C=O) groups excluding carboxylic acids is 1. The summed E-state index contributed by atoms with van der Waals surface area (Å²) in [7, 11) is 0. The third-order valence-electron chi connectivity index (χ3n) is 3.06. The van der Waals surface area contributed by atoms with Crippen LogP contribution in [-0.4, -0.2) is 12.1 Å². The molecule has 0 heterocycles. The van der Waals surface area contributed by atoms with Gasteiger partial charge in [0, 0.05) is 6.07 Å². The minimum absolute atomic E-state index is 0.164. The first-order valence-electron chi connectivity index (χ1n) is 6.95. The molecule has 1 atom stereocenters. The number of nitrogens with zero attached hydrogens (tertiary/aromatic N) is 2. The average molecular weight is 329 g/mol. The van der Waals surface area contributed by atoms with Crippen molar-refractivity contribution < 1.29 is 18.4 Å². The van der Waals surface area contributed by atoms with E-state index in [1.54, 1.807) is 31.2 Å². The Morgan fingerprint density at radius 3 is 2.83 bits per heavy atom. The molecule has 0 aliphatic heterocycles. The van der Waals surface area contributed by atoms with Gasteiger partial charge in [0.2, 0.25) is 0 Å². The minimum atomic E-state index is -0.889. The van der Waals surface area contributed by atoms with Crippen LogP contribution < -0.4 is 5.32 Å². The molecular formula is C17H13F2N3O2. The van der Waals surface area contributed by atoms with E-state index in [-0.39, 0.29) is 5.69 Å². The predicted molar refractivity (Wildman–Crippen MR) is 84.1 cm³/mol. The molecule has 5 nitrogen and oxygen atoms in total. The Bertz CT molecular complexity index is 816. The second kappa shape index (κ2) is 7.83. The molecule has 7 heteroatoms. The first-order chi connectivity index (χ1) is 11.5. The van der Waals surface area contributed by atoms with Gasteiger partial charge in [0.15, 0.2) is 0 Å². The van der Waals surface area contributed by atoms with Crippen molar-refractivity contribution in [3.05, 3.63) is 65.2 Å². The third-order valence-corrected chi connectivity index (χ3v) is 3.06. The highest BCUT2D eigenvalue weighted by molar-refractivity contribution is 6.31. The van der Waals surface area contributed by atoms with Gasteiger partial charge < -0.3 is 10.2 Å². The number of benzene rings is 2. The van der Waals surface area contributed by atoms with Crippen molar-refractivity contribution in [1.29, 1.82) is 5.26 Å². The number of rotatable bonds is 5. The summed E-state index contributed by atoms with van der Waals surface area (Å²) < 4.78 is 26.2. The van der Waals surface area contributed by atoms with Crippen LogP contribution in [-0.2, 0) is 9.63 Å². The van der Waals surface area contributed by atoms with E-state index >= 15 is 0 Å². The summed E-state index contributed by atoms with van der Waals surface area (Å²) in [6.07, 6.45) is 0.359. The Labute approximate surface area is 137 Å². The Kier molecular flexibility index (Phi) is 5.58. The summed E-state index contributed by atoms with van der Waals surface area (Å²) in [4.78, 5) is 16.8.